The van der Waals surface area contributed by atoms with Crippen molar-refractivity contribution in [1.29, 1.82) is 0 Å². The van der Waals surface area contributed by atoms with Crippen LogP contribution in [0.15, 0.2) is 30.3 Å². The van der Waals surface area contributed by atoms with Gasteiger partial charge in [-0.05, 0) is 12.0 Å². The number of aliphatic hydroxyl groups is 1. The first-order valence-electron chi connectivity index (χ1n) is 5.05. The van der Waals surface area contributed by atoms with Gasteiger partial charge in [0.15, 0.2) is 0 Å². The van der Waals surface area contributed by atoms with Crippen LogP contribution in [-0.4, -0.2) is 25.9 Å². The van der Waals surface area contributed by atoms with Gasteiger partial charge < -0.3 is 14.2 Å². The quantitative estimate of drug-likeness (QED) is 0.781. The van der Waals surface area contributed by atoms with Crippen LogP contribution in [0.1, 0.15) is 17.6 Å². The molecule has 1 aromatic carbocycles. The van der Waals surface area contributed by atoms with E-state index in [1.807, 2.05) is 30.3 Å². The number of hydrogen-bond donors (Lipinski definition) is 1. The third-order valence-corrected chi connectivity index (χ3v) is 4.82. The Bertz CT molecular complexity index is 344. The molecule has 0 saturated carbocycles. The Morgan fingerprint density at radius 3 is 2.25 bits per heavy atom. The average molecular weight is 244 g/mol. The second-order valence-electron chi connectivity index (χ2n) is 3.34. The van der Waals surface area contributed by atoms with E-state index in [0.29, 0.717) is 6.42 Å². The molecule has 1 N–H and O–H groups in total. The van der Waals surface area contributed by atoms with Gasteiger partial charge >= 0.3 is 7.60 Å². The smallest absolute Gasteiger partial charge is 0.337 e. The van der Waals surface area contributed by atoms with Gasteiger partial charge in [-0.2, -0.15) is 0 Å². The maximum atomic E-state index is 12.3. The maximum absolute atomic E-state index is 12.3. The normalized spacial score (nSPS) is 13.7. The molecule has 0 aliphatic rings. The van der Waals surface area contributed by atoms with Gasteiger partial charge in [0.1, 0.15) is 0 Å². The molecule has 0 aliphatic heterocycles. The first-order valence-corrected chi connectivity index (χ1v) is 6.66. The van der Waals surface area contributed by atoms with Crippen LogP contribution < -0.4 is 0 Å². The molecular weight excluding hydrogens is 227 g/mol. The molecule has 0 unspecified atom stereocenters. The molecule has 1 aromatic rings. The molecule has 4 nitrogen and oxygen atoms in total. The van der Waals surface area contributed by atoms with Crippen LogP contribution in [-0.2, 0) is 13.6 Å². The summed E-state index contributed by atoms with van der Waals surface area (Å²) < 4.78 is 22.2. The lowest BCUT2D eigenvalue weighted by Gasteiger charge is -2.24. The molecule has 16 heavy (non-hydrogen) atoms. The van der Waals surface area contributed by atoms with E-state index in [2.05, 4.69) is 0 Å². The zero-order valence-corrected chi connectivity index (χ0v) is 10.4. The minimum absolute atomic E-state index is 0.0593. The van der Waals surface area contributed by atoms with Crippen LogP contribution >= 0.6 is 7.60 Å². The van der Waals surface area contributed by atoms with Crippen molar-refractivity contribution >= 4 is 7.60 Å². The number of rotatable bonds is 6. The van der Waals surface area contributed by atoms with Crippen LogP contribution in [0, 0.1) is 0 Å². The van der Waals surface area contributed by atoms with Crippen molar-refractivity contribution < 1.29 is 18.7 Å². The van der Waals surface area contributed by atoms with Crippen molar-refractivity contribution in [2.45, 2.75) is 12.1 Å². The molecule has 0 aliphatic carbocycles. The summed E-state index contributed by atoms with van der Waals surface area (Å²) in [6.07, 6.45) is 0.350. The van der Waals surface area contributed by atoms with Crippen molar-refractivity contribution in [3.8, 4) is 0 Å². The Hall–Kier alpha value is -0.670. The van der Waals surface area contributed by atoms with Crippen LogP contribution in [0.25, 0.3) is 0 Å². The number of benzene rings is 1. The Kier molecular flexibility index (Phi) is 5.16. The fourth-order valence-corrected chi connectivity index (χ4v) is 3.26. The van der Waals surface area contributed by atoms with Crippen molar-refractivity contribution in [2.75, 3.05) is 20.8 Å². The van der Waals surface area contributed by atoms with Gasteiger partial charge in [-0.1, -0.05) is 30.3 Å². The molecule has 0 heterocycles. The zero-order chi connectivity index (χ0) is 12.0. The van der Waals surface area contributed by atoms with Gasteiger partial charge in [-0.3, -0.25) is 4.57 Å². The molecule has 5 heteroatoms. The molecule has 0 aromatic heterocycles. The summed E-state index contributed by atoms with van der Waals surface area (Å²) >= 11 is 0. The maximum Gasteiger partial charge on any atom is 0.337 e. The Balaban J connectivity index is 3.04. The summed E-state index contributed by atoms with van der Waals surface area (Å²) in [6, 6.07) is 9.30. The van der Waals surface area contributed by atoms with Gasteiger partial charge in [0.2, 0.25) is 0 Å². The van der Waals surface area contributed by atoms with E-state index in [1.165, 1.54) is 14.2 Å². The van der Waals surface area contributed by atoms with Gasteiger partial charge in [0.05, 0.1) is 5.66 Å². The zero-order valence-electron chi connectivity index (χ0n) is 9.50. The topological polar surface area (TPSA) is 55.8 Å². The second-order valence-corrected chi connectivity index (χ2v) is 5.78. The SMILES string of the molecule is COP(=O)(OC)[C@@H](CCO)c1ccccc1. The predicted octanol–water partition coefficient (Wildman–Crippen LogP) is 2.60. The van der Waals surface area contributed by atoms with Crippen LogP contribution in [0.4, 0.5) is 0 Å². The minimum atomic E-state index is -3.19. The molecule has 0 amide bonds. The summed E-state index contributed by atoms with van der Waals surface area (Å²) in [7, 11) is -0.472. The molecule has 0 saturated heterocycles. The van der Waals surface area contributed by atoms with Crippen LogP contribution in [0.3, 0.4) is 0 Å². The highest BCUT2D eigenvalue weighted by Gasteiger charge is 2.34. The third-order valence-electron chi connectivity index (χ3n) is 2.48. The highest BCUT2D eigenvalue weighted by molar-refractivity contribution is 7.54. The van der Waals surface area contributed by atoms with E-state index in [0.717, 1.165) is 5.56 Å². The lowest BCUT2D eigenvalue weighted by atomic mass is 10.1. The summed E-state index contributed by atoms with van der Waals surface area (Å²) in [6.45, 7) is -0.0593. The van der Waals surface area contributed by atoms with Crippen LogP contribution in [0.5, 0.6) is 0 Å². The minimum Gasteiger partial charge on any atom is -0.396 e. The number of aliphatic hydroxyl groups excluding tert-OH is 1. The fraction of sp³-hybridized carbons (Fsp3) is 0.455. The predicted molar refractivity (Wildman–Crippen MR) is 62.5 cm³/mol. The summed E-state index contributed by atoms with van der Waals surface area (Å²) in [4.78, 5) is 0. The molecule has 0 fully saturated rings. The molecule has 0 bridgehead atoms. The molecule has 90 valence electrons. The van der Waals surface area contributed by atoms with E-state index in [9.17, 15) is 4.57 Å². The Labute approximate surface area is 95.7 Å². The molecule has 0 spiro atoms. The van der Waals surface area contributed by atoms with Gasteiger partial charge in [-0.25, -0.2) is 0 Å². The lowest BCUT2D eigenvalue weighted by molar-refractivity contribution is 0.244. The highest BCUT2D eigenvalue weighted by atomic mass is 31.2. The molecule has 1 rings (SSSR count). The number of hydrogen-bond acceptors (Lipinski definition) is 4. The first kappa shape index (κ1) is 13.4. The summed E-state index contributed by atoms with van der Waals surface area (Å²) in [5.74, 6) is 0. The summed E-state index contributed by atoms with van der Waals surface area (Å²) in [5, 5.41) is 9.02. The van der Waals surface area contributed by atoms with Gasteiger partial charge in [0.25, 0.3) is 0 Å². The van der Waals surface area contributed by atoms with Crippen molar-refractivity contribution in [2.24, 2.45) is 0 Å². The Morgan fingerprint density at radius 2 is 1.81 bits per heavy atom. The van der Waals surface area contributed by atoms with Crippen molar-refractivity contribution in [1.82, 2.24) is 0 Å². The molecular formula is C11H17O4P. The highest BCUT2D eigenvalue weighted by Crippen LogP contribution is 2.61. The fourth-order valence-electron chi connectivity index (χ4n) is 1.63. The third kappa shape index (κ3) is 2.92. The second kappa shape index (κ2) is 6.16. The van der Waals surface area contributed by atoms with Gasteiger partial charge in [-0.15, -0.1) is 0 Å². The molecule has 0 radical (unpaired) electrons. The van der Waals surface area contributed by atoms with E-state index in [1.54, 1.807) is 0 Å². The summed E-state index contributed by atoms with van der Waals surface area (Å²) in [5.41, 5.74) is 0.428. The standard InChI is InChI=1S/C11H17O4P/c1-14-16(13,15-2)11(8-9-12)10-6-4-3-5-7-10/h3-7,11-12H,8-9H2,1-2H3/t11-/m0/s1. The van der Waals surface area contributed by atoms with Gasteiger partial charge in [0, 0.05) is 20.8 Å². The monoisotopic (exact) mass is 244 g/mol. The van der Waals surface area contributed by atoms with Crippen molar-refractivity contribution in [3.63, 3.8) is 0 Å². The van der Waals surface area contributed by atoms with E-state index < -0.39 is 13.3 Å². The van der Waals surface area contributed by atoms with Crippen molar-refractivity contribution in [3.05, 3.63) is 35.9 Å². The Morgan fingerprint density at radius 1 is 1.25 bits per heavy atom. The largest absolute Gasteiger partial charge is 0.396 e. The van der Waals surface area contributed by atoms with E-state index >= 15 is 0 Å². The van der Waals surface area contributed by atoms with Crippen LogP contribution in [0.2, 0.25) is 0 Å². The van der Waals surface area contributed by atoms with E-state index in [4.69, 9.17) is 14.2 Å². The first-order chi connectivity index (χ1) is 7.68. The average Bonchev–Trinajstić information content (AvgIpc) is 2.36. The van der Waals surface area contributed by atoms with E-state index in [-0.39, 0.29) is 6.61 Å². The molecule has 1 atom stereocenters. The lowest BCUT2D eigenvalue weighted by Crippen LogP contribution is -2.05.